The summed E-state index contributed by atoms with van der Waals surface area (Å²) >= 11 is 1.39. The molecule has 0 unspecified atom stereocenters. The van der Waals surface area contributed by atoms with Crippen LogP contribution in [0.1, 0.15) is 33.1 Å². The molecule has 0 aliphatic heterocycles. The fraction of sp³-hybridized carbons (Fsp3) is 0.231. The van der Waals surface area contributed by atoms with Crippen molar-refractivity contribution in [2.45, 2.75) is 12.5 Å². The first-order valence-electron chi connectivity index (χ1n) is 11.1. The second-order valence-electron chi connectivity index (χ2n) is 7.94. The summed E-state index contributed by atoms with van der Waals surface area (Å²) in [4.78, 5) is 38.8. The van der Waals surface area contributed by atoms with Crippen LogP contribution in [-0.2, 0) is 16.1 Å². The van der Waals surface area contributed by atoms with Crippen LogP contribution in [0.5, 0.6) is 0 Å². The van der Waals surface area contributed by atoms with Gasteiger partial charge in [0.25, 0.3) is 0 Å². The molecule has 1 aliphatic rings. The minimum absolute atomic E-state index is 0.0155. The molecule has 0 spiro atoms. The lowest BCUT2D eigenvalue weighted by molar-refractivity contribution is -0.118. The number of aromatic carboxylic acids is 1. The van der Waals surface area contributed by atoms with Gasteiger partial charge in [0.15, 0.2) is 0 Å². The molecule has 2 aromatic carbocycles. The van der Waals surface area contributed by atoms with Crippen LogP contribution in [0, 0.1) is 0 Å². The Morgan fingerprint density at radius 1 is 0.943 bits per heavy atom. The predicted octanol–water partition coefficient (Wildman–Crippen LogP) is 3.67. The number of thioether (sulfide) groups is 1. The molecule has 0 radical (unpaired) electrons. The summed E-state index contributed by atoms with van der Waals surface area (Å²) in [6.45, 7) is 0.914. The zero-order valence-corrected chi connectivity index (χ0v) is 19.7. The number of carboxylic acids is 1. The number of hydrogen-bond acceptors (Lipinski definition) is 6. The molecule has 4 rings (SSSR count). The maximum Gasteiger partial charge on any atom is 0.407 e. The average molecular weight is 492 g/mol. The van der Waals surface area contributed by atoms with Gasteiger partial charge in [0.1, 0.15) is 12.3 Å². The molecule has 35 heavy (non-hydrogen) atoms. The van der Waals surface area contributed by atoms with Crippen LogP contribution < -0.4 is 10.6 Å². The third-order valence-electron chi connectivity index (χ3n) is 5.63. The number of carbonyl (C=O) groups is 3. The predicted molar refractivity (Wildman–Crippen MR) is 133 cm³/mol. The molecule has 3 N–H and O–H groups in total. The minimum atomic E-state index is -1.09. The van der Waals surface area contributed by atoms with Gasteiger partial charge in [0, 0.05) is 31.0 Å². The zero-order chi connectivity index (χ0) is 24.6. The second-order valence-corrected chi connectivity index (χ2v) is 9.04. The number of amides is 2. The highest BCUT2D eigenvalue weighted by Crippen LogP contribution is 2.44. The lowest BCUT2D eigenvalue weighted by atomic mass is 9.98. The van der Waals surface area contributed by atoms with Gasteiger partial charge in [-0.15, -0.1) is 0 Å². The number of aromatic nitrogens is 1. The van der Waals surface area contributed by atoms with Crippen LogP contribution >= 0.6 is 11.8 Å². The van der Waals surface area contributed by atoms with E-state index in [1.54, 1.807) is 6.07 Å². The highest BCUT2D eigenvalue weighted by Gasteiger charge is 2.28. The van der Waals surface area contributed by atoms with Crippen LogP contribution in [0.3, 0.4) is 0 Å². The van der Waals surface area contributed by atoms with Crippen molar-refractivity contribution in [1.82, 2.24) is 15.6 Å². The quantitative estimate of drug-likeness (QED) is 0.371. The molecule has 2 amide bonds. The highest BCUT2D eigenvalue weighted by atomic mass is 32.2. The summed E-state index contributed by atoms with van der Waals surface area (Å²) in [6, 6.07) is 19.4. The number of benzene rings is 2. The SMILES string of the molecule is O=C(CSCCNC(=O)OCC1c2ccccc2-c2ccccc21)NCc1ccc(C(=O)O)nc1. The number of fused-ring (bicyclic) bond motifs is 3. The first-order chi connectivity index (χ1) is 17.0. The number of carbonyl (C=O) groups excluding carboxylic acids is 2. The number of rotatable bonds is 10. The van der Waals surface area contributed by atoms with Gasteiger partial charge in [-0.2, -0.15) is 11.8 Å². The Labute approximate surface area is 207 Å². The molecule has 3 aromatic rings. The maximum atomic E-state index is 12.2. The summed E-state index contributed by atoms with van der Waals surface area (Å²) < 4.78 is 5.50. The molecule has 180 valence electrons. The number of ether oxygens (including phenoxy) is 1. The van der Waals surface area contributed by atoms with Crippen molar-refractivity contribution < 1.29 is 24.2 Å². The average Bonchev–Trinajstić information content (AvgIpc) is 3.20. The lowest BCUT2D eigenvalue weighted by Gasteiger charge is -2.14. The van der Waals surface area contributed by atoms with E-state index >= 15 is 0 Å². The van der Waals surface area contributed by atoms with Gasteiger partial charge in [0.05, 0.1) is 5.75 Å². The van der Waals surface area contributed by atoms with Gasteiger partial charge in [-0.3, -0.25) is 4.79 Å². The standard InChI is InChI=1S/C26H25N3O5S/c30-24(29-14-17-9-10-23(25(31)32)28-13-17)16-35-12-11-27-26(33)34-15-22-20-7-3-1-5-18(20)19-6-2-4-8-21(19)22/h1-10,13,22H,11-12,14-16H2,(H,27,33)(H,29,30)(H,31,32). The number of nitrogens with zero attached hydrogens (tertiary/aromatic N) is 1. The van der Waals surface area contributed by atoms with E-state index in [1.165, 1.54) is 35.2 Å². The lowest BCUT2D eigenvalue weighted by Crippen LogP contribution is -2.29. The maximum absolute atomic E-state index is 12.2. The summed E-state index contributed by atoms with van der Waals surface area (Å²) in [5.74, 6) is -0.427. The third-order valence-corrected chi connectivity index (χ3v) is 6.59. The first kappa shape index (κ1) is 24.3. The summed E-state index contributed by atoms with van der Waals surface area (Å²) in [7, 11) is 0. The van der Waals surface area contributed by atoms with Gasteiger partial charge in [-0.1, -0.05) is 54.6 Å². The Hall–Kier alpha value is -3.85. The third kappa shape index (κ3) is 6.19. The van der Waals surface area contributed by atoms with E-state index in [0.29, 0.717) is 17.9 Å². The number of hydrogen-bond donors (Lipinski definition) is 3. The number of carboxylic acid groups (broad SMARTS) is 1. The van der Waals surface area contributed by atoms with E-state index in [2.05, 4.69) is 39.9 Å². The van der Waals surface area contributed by atoms with E-state index in [4.69, 9.17) is 9.84 Å². The minimum Gasteiger partial charge on any atom is -0.477 e. The molecule has 1 heterocycles. The molecular formula is C26H25N3O5S. The molecule has 1 aliphatic carbocycles. The molecule has 9 heteroatoms. The molecule has 1 aromatic heterocycles. The van der Waals surface area contributed by atoms with Crippen molar-refractivity contribution >= 4 is 29.7 Å². The van der Waals surface area contributed by atoms with Crippen LogP contribution in [0.15, 0.2) is 66.9 Å². The van der Waals surface area contributed by atoms with E-state index in [1.807, 2.05) is 24.3 Å². The number of nitrogens with one attached hydrogen (secondary N) is 2. The van der Waals surface area contributed by atoms with Crippen molar-refractivity contribution in [3.05, 3.63) is 89.2 Å². The molecule has 8 nitrogen and oxygen atoms in total. The molecule has 0 atom stereocenters. The largest absolute Gasteiger partial charge is 0.477 e. The first-order valence-corrected chi connectivity index (χ1v) is 12.3. The highest BCUT2D eigenvalue weighted by molar-refractivity contribution is 7.99. The van der Waals surface area contributed by atoms with Gasteiger partial charge in [0.2, 0.25) is 5.91 Å². The fourth-order valence-electron chi connectivity index (χ4n) is 3.95. The molecule has 0 bridgehead atoms. The molecular weight excluding hydrogens is 466 g/mol. The van der Waals surface area contributed by atoms with E-state index in [-0.39, 0.29) is 36.4 Å². The Kier molecular flexibility index (Phi) is 7.99. The Balaban J connectivity index is 1.12. The molecule has 0 saturated heterocycles. The molecule has 0 saturated carbocycles. The van der Waals surface area contributed by atoms with Gasteiger partial charge in [-0.25, -0.2) is 14.6 Å². The van der Waals surface area contributed by atoms with Crippen molar-refractivity contribution in [3.63, 3.8) is 0 Å². The van der Waals surface area contributed by atoms with Crippen molar-refractivity contribution in [2.75, 3.05) is 24.7 Å². The Morgan fingerprint density at radius 2 is 1.63 bits per heavy atom. The van der Waals surface area contributed by atoms with Crippen LogP contribution in [0.2, 0.25) is 0 Å². The number of pyridine rings is 1. The van der Waals surface area contributed by atoms with Crippen LogP contribution in [0.4, 0.5) is 4.79 Å². The van der Waals surface area contributed by atoms with Crippen molar-refractivity contribution in [2.24, 2.45) is 0 Å². The van der Waals surface area contributed by atoms with Gasteiger partial charge >= 0.3 is 12.1 Å². The Bertz CT molecular complexity index is 1170. The second kappa shape index (κ2) is 11.5. The van der Waals surface area contributed by atoms with E-state index < -0.39 is 12.1 Å². The normalized spacial score (nSPS) is 11.9. The van der Waals surface area contributed by atoms with Crippen LogP contribution in [0.25, 0.3) is 11.1 Å². The smallest absolute Gasteiger partial charge is 0.407 e. The topological polar surface area (TPSA) is 118 Å². The number of alkyl carbamates (subject to hydrolysis) is 1. The monoisotopic (exact) mass is 491 g/mol. The summed E-state index contributed by atoms with van der Waals surface area (Å²) in [5, 5.41) is 14.3. The van der Waals surface area contributed by atoms with E-state index in [0.717, 1.165) is 11.1 Å². The summed E-state index contributed by atoms with van der Waals surface area (Å²) in [5.41, 5.74) is 5.36. The Morgan fingerprint density at radius 3 is 2.26 bits per heavy atom. The van der Waals surface area contributed by atoms with Crippen molar-refractivity contribution in [3.8, 4) is 11.1 Å². The van der Waals surface area contributed by atoms with Crippen molar-refractivity contribution in [1.29, 1.82) is 0 Å². The fourth-order valence-corrected chi connectivity index (χ4v) is 4.63. The van der Waals surface area contributed by atoms with Gasteiger partial charge in [-0.05, 0) is 33.9 Å². The molecule has 0 fully saturated rings. The zero-order valence-electron chi connectivity index (χ0n) is 18.9. The van der Waals surface area contributed by atoms with E-state index in [9.17, 15) is 14.4 Å². The van der Waals surface area contributed by atoms with Gasteiger partial charge < -0.3 is 20.5 Å². The van der Waals surface area contributed by atoms with Crippen LogP contribution in [-0.4, -0.2) is 52.7 Å². The summed E-state index contributed by atoms with van der Waals surface area (Å²) in [6.07, 6.45) is 0.948.